The van der Waals surface area contributed by atoms with Crippen molar-refractivity contribution in [3.05, 3.63) is 21.6 Å². The third-order valence-corrected chi connectivity index (χ3v) is 2.19. The number of nitro groups is 1. The Bertz CT molecular complexity index is 423. The first-order valence-corrected chi connectivity index (χ1v) is 4.08. The molecule has 0 aliphatic carbocycles. The van der Waals surface area contributed by atoms with Crippen molar-refractivity contribution in [3.63, 3.8) is 0 Å². The van der Waals surface area contributed by atoms with Crippen LogP contribution in [0.5, 0.6) is 0 Å². The van der Waals surface area contributed by atoms with Gasteiger partial charge in [0.2, 0.25) is 11.5 Å². The van der Waals surface area contributed by atoms with Crippen molar-refractivity contribution in [2.24, 2.45) is 0 Å². The summed E-state index contributed by atoms with van der Waals surface area (Å²) in [7, 11) is 0. The van der Waals surface area contributed by atoms with E-state index in [4.69, 9.17) is 5.11 Å². The van der Waals surface area contributed by atoms with Crippen molar-refractivity contribution in [3.8, 4) is 0 Å². The molecule has 2 rings (SSSR count). The second-order valence-electron chi connectivity index (χ2n) is 3.02. The van der Waals surface area contributed by atoms with E-state index in [-0.39, 0.29) is 5.69 Å². The molecule has 0 atom stereocenters. The Hall–Kier alpha value is -1.92. The third kappa shape index (κ3) is 1.05. The molecule has 7 nitrogen and oxygen atoms in total. The summed E-state index contributed by atoms with van der Waals surface area (Å²) in [6.07, 6.45) is 1.40. The first kappa shape index (κ1) is 8.67. The summed E-state index contributed by atoms with van der Waals surface area (Å²) in [4.78, 5) is 24.2. The maximum Gasteiger partial charge on any atom is 0.397 e. The zero-order valence-corrected chi connectivity index (χ0v) is 7.13. The van der Waals surface area contributed by atoms with Crippen LogP contribution in [0.4, 0.5) is 5.82 Å². The lowest BCUT2D eigenvalue weighted by atomic mass is 10.3. The first-order chi connectivity index (χ1) is 6.61. The van der Waals surface area contributed by atoms with Crippen LogP contribution in [0.3, 0.4) is 0 Å². The van der Waals surface area contributed by atoms with E-state index < -0.39 is 16.7 Å². The van der Waals surface area contributed by atoms with Crippen molar-refractivity contribution in [2.75, 3.05) is 0 Å². The number of hydrogen-bond donors (Lipinski definition) is 1. The van der Waals surface area contributed by atoms with Crippen LogP contribution in [0.2, 0.25) is 0 Å². The largest absolute Gasteiger partial charge is 0.476 e. The van der Waals surface area contributed by atoms with Crippen molar-refractivity contribution < 1.29 is 14.8 Å². The summed E-state index contributed by atoms with van der Waals surface area (Å²) < 4.78 is 1.40. The van der Waals surface area contributed by atoms with E-state index in [1.807, 2.05) is 0 Å². The summed E-state index contributed by atoms with van der Waals surface area (Å²) in [6.45, 7) is 0.498. The molecule has 0 saturated carbocycles. The molecule has 0 aromatic carbocycles. The molecule has 0 bridgehead atoms. The summed E-state index contributed by atoms with van der Waals surface area (Å²) >= 11 is 0. The minimum absolute atomic E-state index is 0.303. The van der Waals surface area contributed by atoms with Crippen molar-refractivity contribution in [1.82, 2.24) is 9.55 Å². The lowest BCUT2D eigenvalue weighted by Gasteiger charge is -1.97. The van der Waals surface area contributed by atoms with Crippen LogP contribution >= 0.6 is 0 Å². The predicted octanol–water partition coefficient (Wildman–Crippen LogP) is 0.436. The topological polar surface area (TPSA) is 98.3 Å². The van der Waals surface area contributed by atoms with Crippen LogP contribution in [0.25, 0.3) is 0 Å². The van der Waals surface area contributed by atoms with E-state index in [1.165, 1.54) is 4.57 Å². The average Bonchev–Trinajstić information content (AvgIpc) is 2.58. The van der Waals surface area contributed by atoms with Crippen molar-refractivity contribution in [2.45, 2.75) is 19.4 Å². The number of aromatic nitrogens is 2. The molecular formula is C7H7N3O4. The van der Waals surface area contributed by atoms with E-state index >= 15 is 0 Å². The lowest BCUT2D eigenvalue weighted by molar-refractivity contribution is -0.389. The van der Waals surface area contributed by atoms with Gasteiger partial charge in [0, 0.05) is 13.0 Å². The van der Waals surface area contributed by atoms with Gasteiger partial charge in [-0.2, -0.15) is 0 Å². The number of hydrogen-bond acceptors (Lipinski definition) is 4. The zero-order valence-electron chi connectivity index (χ0n) is 7.13. The lowest BCUT2D eigenvalue weighted by Crippen LogP contribution is -2.08. The van der Waals surface area contributed by atoms with Crippen LogP contribution in [-0.2, 0) is 13.0 Å². The summed E-state index contributed by atoms with van der Waals surface area (Å²) in [5.41, 5.74) is -0.303. The van der Waals surface area contributed by atoms with Gasteiger partial charge in [0.15, 0.2) is 0 Å². The van der Waals surface area contributed by atoms with Gasteiger partial charge in [-0.15, -0.1) is 0 Å². The van der Waals surface area contributed by atoms with Crippen LogP contribution < -0.4 is 0 Å². The van der Waals surface area contributed by atoms with Gasteiger partial charge in [-0.3, -0.25) is 4.57 Å². The average molecular weight is 197 g/mol. The van der Waals surface area contributed by atoms with Crippen LogP contribution in [0.1, 0.15) is 22.7 Å². The molecule has 0 saturated heterocycles. The second-order valence-corrected chi connectivity index (χ2v) is 3.02. The predicted molar refractivity (Wildman–Crippen MR) is 44.2 cm³/mol. The maximum atomic E-state index is 10.8. The number of nitrogens with zero attached hydrogens (tertiary/aromatic N) is 3. The van der Waals surface area contributed by atoms with E-state index in [0.29, 0.717) is 18.8 Å². The number of aromatic carboxylic acids is 1. The van der Waals surface area contributed by atoms with Crippen molar-refractivity contribution >= 4 is 11.8 Å². The fraction of sp³-hybridized carbons (Fsp3) is 0.429. The molecule has 1 aliphatic rings. The molecule has 1 aliphatic heterocycles. The Kier molecular flexibility index (Phi) is 1.73. The molecular weight excluding hydrogens is 190 g/mol. The van der Waals surface area contributed by atoms with Gasteiger partial charge >= 0.3 is 11.8 Å². The van der Waals surface area contributed by atoms with Gasteiger partial charge < -0.3 is 15.2 Å². The Labute approximate surface area is 78.1 Å². The molecule has 0 amide bonds. The van der Waals surface area contributed by atoms with Crippen LogP contribution in [0, 0.1) is 10.1 Å². The van der Waals surface area contributed by atoms with E-state index in [1.54, 1.807) is 0 Å². The van der Waals surface area contributed by atoms with Gasteiger partial charge in [-0.05, 0) is 16.3 Å². The highest BCUT2D eigenvalue weighted by Gasteiger charge is 2.34. The molecule has 2 heterocycles. The standard InChI is InChI=1S/C7H7N3O4/c11-7(12)5-6(10(13)14)8-4-2-1-3-9(4)5/h1-3H2,(H,11,12). The van der Waals surface area contributed by atoms with E-state index in [9.17, 15) is 14.9 Å². The van der Waals surface area contributed by atoms with Crippen molar-refractivity contribution in [1.29, 1.82) is 0 Å². The molecule has 14 heavy (non-hydrogen) atoms. The molecule has 1 N–H and O–H groups in total. The van der Waals surface area contributed by atoms with Gasteiger partial charge in [0.25, 0.3) is 0 Å². The highest BCUT2D eigenvalue weighted by molar-refractivity contribution is 5.90. The highest BCUT2D eigenvalue weighted by atomic mass is 16.6. The molecule has 0 radical (unpaired) electrons. The first-order valence-electron chi connectivity index (χ1n) is 4.08. The zero-order chi connectivity index (χ0) is 10.3. The molecule has 0 fully saturated rings. The third-order valence-electron chi connectivity index (χ3n) is 2.19. The van der Waals surface area contributed by atoms with Gasteiger partial charge in [-0.25, -0.2) is 4.79 Å². The Balaban J connectivity index is 2.62. The molecule has 74 valence electrons. The summed E-state index contributed by atoms with van der Waals surface area (Å²) in [5, 5.41) is 19.3. The summed E-state index contributed by atoms with van der Waals surface area (Å²) in [5.74, 6) is -1.35. The molecule has 0 unspecified atom stereocenters. The number of carboxylic acid groups (broad SMARTS) is 1. The minimum Gasteiger partial charge on any atom is -0.476 e. The molecule has 1 aromatic heterocycles. The monoisotopic (exact) mass is 197 g/mol. The van der Waals surface area contributed by atoms with Crippen LogP contribution in [0.15, 0.2) is 0 Å². The van der Waals surface area contributed by atoms with E-state index in [0.717, 1.165) is 6.42 Å². The number of imidazole rings is 1. The minimum atomic E-state index is -1.29. The Morgan fingerprint density at radius 3 is 2.93 bits per heavy atom. The Morgan fingerprint density at radius 2 is 2.36 bits per heavy atom. The Morgan fingerprint density at radius 1 is 1.64 bits per heavy atom. The highest BCUT2D eigenvalue weighted by Crippen LogP contribution is 2.24. The maximum absolute atomic E-state index is 10.8. The molecule has 0 spiro atoms. The van der Waals surface area contributed by atoms with Gasteiger partial charge in [-0.1, -0.05) is 0 Å². The number of fused-ring (bicyclic) bond motifs is 1. The smallest absolute Gasteiger partial charge is 0.397 e. The SMILES string of the molecule is O=C(O)c1c([N+](=O)[O-])nc2n1CCC2. The molecule has 7 heteroatoms. The second kappa shape index (κ2) is 2.79. The fourth-order valence-corrected chi connectivity index (χ4v) is 1.65. The molecule has 1 aromatic rings. The fourth-order valence-electron chi connectivity index (χ4n) is 1.65. The summed E-state index contributed by atoms with van der Waals surface area (Å²) in [6, 6.07) is 0. The van der Waals surface area contributed by atoms with Gasteiger partial charge in [0.1, 0.15) is 0 Å². The number of aryl methyl sites for hydroxylation is 1. The number of carbonyl (C=O) groups is 1. The normalized spacial score (nSPS) is 14.0. The van der Waals surface area contributed by atoms with Gasteiger partial charge in [0.05, 0.1) is 0 Å². The van der Waals surface area contributed by atoms with E-state index in [2.05, 4.69) is 4.98 Å². The number of rotatable bonds is 2. The van der Waals surface area contributed by atoms with Crippen LogP contribution in [-0.4, -0.2) is 25.6 Å². The number of carboxylic acids is 1. The quantitative estimate of drug-likeness (QED) is 0.547.